The maximum atomic E-state index is 2.57. The van der Waals surface area contributed by atoms with Crippen molar-refractivity contribution < 1.29 is 4.57 Å². The molecule has 266 valence electrons. The first-order valence-corrected chi connectivity index (χ1v) is 22.4. The second-order valence-electron chi connectivity index (χ2n) is 14.5. The summed E-state index contributed by atoms with van der Waals surface area (Å²) in [5.41, 5.74) is 6.89. The summed E-state index contributed by atoms with van der Waals surface area (Å²) in [5.74, 6) is 2.05. The van der Waals surface area contributed by atoms with Gasteiger partial charge in [0.25, 0.3) is 0 Å². The maximum absolute atomic E-state index is 2.57. The molecular weight excluding hydrogens is 721 g/mol. The molecule has 2 nitrogen and oxygen atoms in total. The van der Waals surface area contributed by atoms with Gasteiger partial charge >= 0.3 is 0 Å². The van der Waals surface area contributed by atoms with Gasteiger partial charge in [-0.25, -0.2) is 0 Å². The van der Waals surface area contributed by atoms with Gasteiger partial charge in [0.05, 0.1) is 21.9 Å². The Kier molecular flexibility index (Phi) is 11.1. The molecule has 5 aromatic carbocycles. The highest BCUT2D eigenvalue weighted by Gasteiger charge is 2.30. The minimum Gasteiger partial charge on any atom is -0.334 e. The summed E-state index contributed by atoms with van der Waals surface area (Å²) in [6.07, 6.45) is 14.0. The number of allylic oxidation sites excluding steroid dienone is 4. The predicted molar refractivity (Wildman–Crippen MR) is 235 cm³/mol. The van der Waals surface area contributed by atoms with Crippen LogP contribution in [-0.2, 0) is 6.54 Å². The molecule has 0 unspecified atom stereocenters. The quantitative estimate of drug-likeness (QED) is 0.0955. The standard InChI is InChI=1S/C47H45N2S4/c1-47(2)32-34(29-37-22-23-48(24-26-51-38-13-6-4-7-14-38)43-21-19-40(50-3)31-42(37)43)28-35(33-47)30-45-49(25-27-52-39-15-8-5-9-16-39)44-20-18-36-12-10-11-17-41(36)46(44)53-45/h4-23,28-31H,24-27,32-33H2,1-3H3/q+1. The molecule has 8 rings (SSSR count). The second-order valence-corrected chi connectivity index (χ2v) is 18.7. The molecule has 6 heteroatoms. The smallest absolute Gasteiger partial charge is 0.213 e. The topological polar surface area (TPSA) is 7.12 Å². The predicted octanol–water partition coefficient (Wildman–Crippen LogP) is 13.2. The van der Waals surface area contributed by atoms with Crippen LogP contribution in [0.1, 0.15) is 32.3 Å². The lowest BCUT2D eigenvalue weighted by atomic mass is 9.75. The van der Waals surface area contributed by atoms with E-state index in [0.29, 0.717) is 0 Å². The average molecular weight is 766 g/mol. The highest BCUT2D eigenvalue weighted by atomic mass is 32.2. The third-order valence-electron chi connectivity index (χ3n) is 9.94. The molecule has 1 aromatic heterocycles. The minimum absolute atomic E-state index is 0.160. The van der Waals surface area contributed by atoms with Gasteiger partial charge in [-0.1, -0.05) is 104 Å². The summed E-state index contributed by atoms with van der Waals surface area (Å²) in [5, 5.41) is 5.30. The van der Waals surface area contributed by atoms with Crippen molar-refractivity contribution in [3.8, 4) is 0 Å². The van der Waals surface area contributed by atoms with E-state index in [1.807, 2.05) is 47.0 Å². The number of nitrogens with zero attached hydrogens (tertiary/aromatic N) is 2. The Morgan fingerprint density at radius 3 is 2.25 bits per heavy atom. The Morgan fingerprint density at radius 2 is 1.47 bits per heavy atom. The number of anilines is 1. The third kappa shape index (κ3) is 8.47. The molecule has 1 aliphatic heterocycles. The number of hydrogen-bond acceptors (Lipinski definition) is 5. The Labute approximate surface area is 331 Å². The van der Waals surface area contributed by atoms with Crippen LogP contribution in [0.25, 0.3) is 27.8 Å². The number of pyridine rings is 1. The van der Waals surface area contributed by atoms with Gasteiger partial charge in [-0.05, 0) is 101 Å². The lowest BCUT2D eigenvalue weighted by Crippen LogP contribution is -2.35. The van der Waals surface area contributed by atoms with E-state index < -0.39 is 0 Å². The van der Waals surface area contributed by atoms with Gasteiger partial charge < -0.3 is 4.90 Å². The summed E-state index contributed by atoms with van der Waals surface area (Å²) in [7, 11) is 0. The van der Waals surface area contributed by atoms with Gasteiger partial charge in [0.2, 0.25) is 5.52 Å². The van der Waals surface area contributed by atoms with Crippen LogP contribution in [0.2, 0.25) is 0 Å². The van der Waals surface area contributed by atoms with Gasteiger partial charge in [-0.2, -0.15) is 4.57 Å². The molecule has 0 bridgehead atoms. The van der Waals surface area contributed by atoms with Gasteiger partial charge in [-0.3, -0.25) is 0 Å². The molecule has 0 fully saturated rings. The van der Waals surface area contributed by atoms with Crippen molar-refractivity contribution in [1.29, 1.82) is 0 Å². The molecule has 6 aromatic rings. The molecule has 2 heterocycles. The fourth-order valence-corrected chi connectivity index (χ4v) is 11.0. The van der Waals surface area contributed by atoms with Gasteiger partial charge in [0.1, 0.15) is 0 Å². The maximum Gasteiger partial charge on any atom is 0.213 e. The van der Waals surface area contributed by atoms with Crippen molar-refractivity contribution in [3.05, 3.63) is 161 Å². The monoisotopic (exact) mass is 765 g/mol. The number of aryl methyl sites for hydroxylation is 1. The summed E-state index contributed by atoms with van der Waals surface area (Å²) in [4.78, 5) is 7.89. The first kappa shape index (κ1) is 36.2. The van der Waals surface area contributed by atoms with Gasteiger partial charge in [-0.15, -0.1) is 35.3 Å². The van der Waals surface area contributed by atoms with Crippen LogP contribution in [0, 0.1) is 5.41 Å². The van der Waals surface area contributed by atoms with Crippen molar-refractivity contribution in [1.82, 2.24) is 0 Å². The van der Waals surface area contributed by atoms with E-state index in [0.717, 1.165) is 37.4 Å². The van der Waals surface area contributed by atoms with E-state index in [1.54, 1.807) is 0 Å². The Bertz CT molecular complexity index is 2340. The van der Waals surface area contributed by atoms with E-state index in [4.69, 9.17) is 0 Å². The molecule has 0 saturated carbocycles. The van der Waals surface area contributed by atoms with Crippen LogP contribution in [-0.4, -0.2) is 24.3 Å². The Balaban J connectivity index is 1.12. The zero-order valence-electron chi connectivity index (χ0n) is 30.6. The lowest BCUT2D eigenvalue weighted by molar-refractivity contribution is -0.666. The van der Waals surface area contributed by atoms with E-state index in [-0.39, 0.29) is 5.41 Å². The number of thioether (sulfide) groups is 4. The number of hydrogen-bond donors (Lipinski definition) is 0. The number of rotatable bonds is 11. The molecule has 0 amide bonds. The Hall–Kier alpha value is -3.81. The summed E-state index contributed by atoms with van der Waals surface area (Å²) in [6, 6.07) is 44.3. The highest BCUT2D eigenvalue weighted by molar-refractivity contribution is 8.04. The molecular formula is C47H45N2S4+. The normalized spacial score (nSPS) is 16.8. The van der Waals surface area contributed by atoms with Gasteiger partial charge in [0.15, 0.2) is 12.7 Å². The van der Waals surface area contributed by atoms with Crippen molar-refractivity contribution in [2.45, 2.75) is 52.8 Å². The second kappa shape index (κ2) is 16.3. The van der Waals surface area contributed by atoms with E-state index in [2.05, 4.69) is 175 Å². The largest absolute Gasteiger partial charge is 0.334 e. The minimum atomic E-state index is 0.160. The van der Waals surface area contributed by atoms with Crippen LogP contribution >= 0.6 is 47.0 Å². The molecule has 2 aliphatic rings. The van der Waals surface area contributed by atoms with Crippen LogP contribution in [0.15, 0.2) is 175 Å². The molecule has 0 N–H and O–H groups in total. The van der Waals surface area contributed by atoms with Crippen molar-refractivity contribution in [2.24, 2.45) is 5.41 Å². The van der Waals surface area contributed by atoms with E-state index >= 15 is 0 Å². The zero-order chi connectivity index (χ0) is 36.2. The summed E-state index contributed by atoms with van der Waals surface area (Å²) in [6.45, 7) is 6.78. The molecule has 53 heavy (non-hydrogen) atoms. The first-order chi connectivity index (χ1) is 25.9. The summed E-state index contributed by atoms with van der Waals surface area (Å²) >= 11 is 7.61. The Morgan fingerprint density at radius 1 is 0.736 bits per heavy atom. The van der Waals surface area contributed by atoms with Crippen molar-refractivity contribution in [2.75, 3.05) is 29.2 Å². The number of aromatic nitrogens is 1. The fraction of sp³-hybridized carbons (Fsp3) is 0.213. The molecule has 0 atom stereocenters. The average Bonchev–Trinajstić information content (AvgIpc) is 3.52. The molecule has 0 radical (unpaired) electrons. The molecule has 0 saturated heterocycles. The van der Waals surface area contributed by atoms with Crippen molar-refractivity contribution in [3.63, 3.8) is 0 Å². The van der Waals surface area contributed by atoms with Crippen LogP contribution in [0.4, 0.5) is 5.69 Å². The first-order valence-electron chi connectivity index (χ1n) is 18.4. The van der Waals surface area contributed by atoms with Gasteiger partial charge in [0, 0.05) is 44.0 Å². The molecule has 0 spiro atoms. The zero-order valence-corrected chi connectivity index (χ0v) is 33.9. The molecule has 1 aliphatic carbocycles. The number of benzene rings is 5. The third-order valence-corrected chi connectivity index (χ3v) is 13.8. The highest BCUT2D eigenvalue weighted by Crippen LogP contribution is 2.51. The van der Waals surface area contributed by atoms with Crippen LogP contribution in [0.3, 0.4) is 0 Å². The van der Waals surface area contributed by atoms with Crippen LogP contribution < -0.4 is 9.47 Å². The van der Waals surface area contributed by atoms with Crippen LogP contribution in [0.5, 0.6) is 0 Å². The van der Waals surface area contributed by atoms with Crippen molar-refractivity contribution >= 4 is 80.5 Å². The SMILES string of the molecule is CSc1ccc2c(c1)c(C=C1C=C(C=C3Sc4c(ccc5ccccc45)N3CCSc3ccccc3)CC(C)(C)C1)cc[n+]2CCSc1ccccc1. The lowest BCUT2D eigenvalue weighted by Gasteiger charge is -2.31. The van der Waals surface area contributed by atoms with E-state index in [1.165, 1.54) is 68.7 Å². The van der Waals surface area contributed by atoms with E-state index in [9.17, 15) is 0 Å². The number of fused-ring (bicyclic) bond motifs is 4. The summed E-state index contributed by atoms with van der Waals surface area (Å²) < 4.78 is 2.43. The fourth-order valence-electron chi connectivity index (χ4n) is 7.55.